The molecular formula is C7H19BN2. The van der Waals surface area contributed by atoms with E-state index in [4.69, 9.17) is 0 Å². The van der Waals surface area contributed by atoms with Crippen molar-refractivity contribution < 1.29 is 0 Å². The van der Waals surface area contributed by atoms with Crippen molar-refractivity contribution in [3.8, 4) is 0 Å². The zero-order valence-corrected chi connectivity index (χ0v) is 7.48. The van der Waals surface area contributed by atoms with E-state index in [1.165, 1.54) is 12.8 Å². The molecule has 0 spiro atoms. The Morgan fingerprint density at radius 3 is 2.70 bits per heavy atom. The highest BCUT2D eigenvalue weighted by Crippen LogP contribution is 1.82. The van der Waals surface area contributed by atoms with Crippen LogP contribution in [0.5, 0.6) is 0 Å². The molecular weight excluding hydrogens is 123 g/mol. The molecule has 0 saturated carbocycles. The molecule has 3 heteroatoms. The molecule has 0 aromatic carbocycles. The molecule has 0 aliphatic rings. The van der Waals surface area contributed by atoms with Crippen molar-refractivity contribution >= 4 is 7.41 Å². The number of unbranched alkanes of at least 4 members (excludes halogenated alkanes) is 1. The third-order valence-corrected chi connectivity index (χ3v) is 1.63. The minimum absolute atomic E-state index is 1.02. The molecule has 0 radical (unpaired) electrons. The van der Waals surface area contributed by atoms with Gasteiger partial charge in [0.25, 0.3) is 0 Å². The highest BCUT2D eigenvalue weighted by molar-refractivity contribution is 6.29. The number of hydrogen-bond acceptors (Lipinski definition) is 2. The average molecular weight is 142 g/mol. The maximum Gasteiger partial charge on any atom is 0.202 e. The fraction of sp³-hybridized carbons (Fsp3) is 1.00. The minimum atomic E-state index is 1.02. The molecule has 0 aliphatic carbocycles. The molecule has 0 saturated heterocycles. The van der Waals surface area contributed by atoms with E-state index in [2.05, 4.69) is 30.9 Å². The van der Waals surface area contributed by atoms with Gasteiger partial charge < -0.3 is 10.1 Å². The zero-order chi connectivity index (χ0) is 7.82. The van der Waals surface area contributed by atoms with Crippen molar-refractivity contribution in [3.63, 3.8) is 0 Å². The second-order valence-corrected chi connectivity index (χ2v) is 2.68. The number of rotatable bonds is 6. The molecule has 0 amide bonds. The van der Waals surface area contributed by atoms with Gasteiger partial charge in [0.2, 0.25) is 7.41 Å². The predicted molar refractivity (Wildman–Crippen MR) is 48.6 cm³/mol. The summed E-state index contributed by atoms with van der Waals surface area (Å²) in [5.74, 6) is 0. The largest absolute Gasteiger partial charge is 0.337 e. The second kappa shape index (κ2) is 7.10. The van der Waals surface area contributed by atoms with Crippen molar-refractivity contribution in [2.75, 3.05) is 20.3 Å². The molecule has 1 N–H and O–H groups in total. The first kappa shape index (κ1) is 9.98. The Labute approximate surface area is 65.2 Å². The summed E-state index contributed by atoms with van der Waals surface area (Å²) in [6, 6.07) is 0. The van der Waals surface area contributed by atoms with Gasteiger partial charge in [-0.3, -0.25) is 0 Å². The monoisotopic (exact) mass is 142 g/mol. The molecule has 0 aromatic rings. The molecule has 0 bridgehead atoms. The van der Waals surface area contributed by atoms with Gasteiger partial charge in [-0.25, -0.2) is 0 Å². The van der Waals surface area contributed by atoms with Crippen LogP contribution in [0.15, 0.2) is 0 Å². The molecule has 0 unspecified atom stereocenters. The van der Waals surface area contributed by atoms with Crippen molar-refractivity contribution in [3.05, 3.63) is 0 Å². The summed E-state index contributed by atoms with van der Waals surface area (Å²) in [5, 5.41) is 3.36. The summed E-state index contributed by atoms with van der Waals surface area (Å²) >= 11 is 0. The Bertz CT molecular complexity index is 68.6. The van der Waals surface area contributed by atoms with E-state index in [1.807, 2.05) is 0 Å². The normalized spacial score (nSPS) is 10.4. The van der Waals surface area contributed by atoms with Gasteiger partial charge in [0, 0.05) is 6.67 Å². The summed E-state index contributed by atoms with van der Waals surface area (Å²) in [7, 11) is 3.25. The lowest BCUT2D eigenvalue weighted by Gasteiger charge is -2.13. The molecule has 0 aromatic heterocycles. The van der Waals surface area contributed by atoms with Crippen LogP contribution < -0.4 is 5.32 Å². The molecule has 0 fully saturated rings. The van der Waals surface area contributed by atoms with Crippen LogP contribution in [0.1, 0.15) is 19.8 Å². The fourth-order valence-corrected chi connectivity index (χ4v) is 0.683. The zero-order valence-electron chi connectivity index (χ0n) is 7.48. The van der Waals surface area contributed by atoms with E-state index < -0.39 is 0 Å². The Morgan fingerprint density at radius 1 is 1.50 bits per heavy atom. The van der Waals surface area contributed by atoms with Crippen LogP contribution in [0.3, 0.4) is 0 Å². The standard InChI is InChI=1S/C7H19BN2/c1-4-5-6-9-7-10(3)8-2/h8-9H,4-7H2,1-3H3. The van der Waals surface area contributed by atoms with E-state index >= 15 is 0 Å². The molecule has 0 aliphatic heterocycles. The number of nitrogens with zero attached hydrogens (tertiary/aromatic N) is 1. The van der Waals surface area contributed by atoms with Crippen molar-refractivity contribution in [1.29, 1.82) is 0 Å². The lowest BCUT2D eigenvalue weighted by Crippen LogP contribution is -2.33. The van der Waals surface area contributed by atoms with Gasteiger partial charge in [0.05, 0.1) is 0 Å². The molecule has 0 atom stereocenters. The second-order valence-electron chi connectivity index (χ2n) is 2.68. The Morgan fingerprint density at radius 2 is 2.20 bits per heavy atom. The van der Waals surface area contributed by atoms with Crippen molar-refractivity contribution in [2.24, 2.45) is 0 Å². The number of nitrogens with one attached hydrogen (secondary N) is 1. The van der Waals surface area contributed by atoms with Gasteiger partial charge >= 0.3 is 0 Å². The van der Waals surface area contributed by atoms with Crippen molar-refractivity contribution in [2.45, 2.75) is 26.6 Å². The van der Waals surface area contributed by atoms with E-state index in [1.54, 1.807) is 0 Å². The van der Waals surface area contributed by atoms with E-state index in [9.17, 15) is 0 Å². The van der Waals surface area contributed by atoms with E-state index in [-0.39, 0.29) is 0 Å². The summed E-state index contributed by atoms with van der Waals surface area (Å²) in [4.78, 5) is 2.26. The minimum Gasteiger partial charge on any atom is -0.337 e. The Hall–Kier alpha value is -0.0151. The highest BCUT2D eigenvalue weighted by Gasteiger charge is 1.91. The molecule has 10 heavy (non-hydrogen) atoms. The van der Waals surface area contributed by atoms with Gasteiger partial charge in [0.1, 0.15) is 0 Å². The summed E-state index contributed by atoms with van der Waals surface area (Å²) in [5.41, 5.74) is 0. The topological polar surface area (TPSA) is 15.3 Å². The lowest BCUT2D eigenvalue weighted by molar-refractivity contribution is 0.463. The molecule has 0 heterocycles. The maximum absolute atomic E-state index is 3.36. The maximum atomic E-state index is 3.36. The van der Waals surface area contributed by atoms with Gasteiger partial charge in [0.15, 0.2) is 0 Å². The van der Waals surface area contributed by atoms with Crippen LogP contribution in [0.4, 0.5) is 0 Å². The van der Waals surface area contributed by atoms with Gasteiger partial charge in [-0.1, -0.05) is 20.2 Å². The Balaban J connectivity index is 2.89. The smallest absolute Gasteiger partial charge is 0.202 e. The summed E-state index contributed by atoms with van der Waals surface area (Å²) < 4.78 is 0. The van der Waals surface area contributed by atoms with Gasteiger partial charge in [-0.05, 0) is 20.0 Å². The van der Waals surface area contributed by atoms with Crippen molar-refractivity contribution in [1.82, 2.24) is 10.1 Å². The van der Waals surface area contributed by atoms with Gasteiger partial charge in [-0.15, -0.1) is 0 Å². The fourth-order valence-electron chi connectivity index (χ4n) is 0.683. The SMILES string of the molecule is CBN(C)CNCCCC. The van der Waals surface area contributed by atoms with Crippen LogP contribution in [0.25, 0.3) is 0 Å². The summed E-state index contributed by atoms with van der Waals surface area (Å²) in [6.07, 6.45) is 2.57. The van der Waals surface area contributed by atoms with Crippen LogP contribution in [0.2, 0.25) is 6.82 Å². The molecule has 0 rings (SSSR count). The Kier molecular flexibility index (Phi) is 7.09. The number of hydrogen-bond donors (Lipinski definition) is 1. The average Bonchev–Trinajstić information content (AvgIpc) is 1.98. The van der Waals surface area contributed by atoms with Crippen LogP contribution in [-0.2, 0) is 0 Å². The van der Waals surface area contributed by atoms with E-state index in [0.717, 1.165) is 20.6 Å². The van der Waals surface area contributed by atoms with Crippen LogP contribution in [0, 0.1) is 0 Å². The third kappa shape index (κ3) is 6.11. The molecule has 60 valence electrons. The lowest BCUT2D eigenvalue weighted by atomic mass is 9.98. The third-order valence-electron chi connectivity index (χ3n) is 1.63. The first-order chi connectivity index (χ1) is 4.81. The van der Waals surface area contributed by atoms with Gasteiger partial charge in [-0.2, -0.15) is 0 Å². The first-order valence-corrected chi connectivity index (χ1v) is 4.20. The summed E-state index contributed by atoms with van der Waals surface area (Å²) in [6.45, 7) is 6.56. The van der Waals surface area contributed by atoms with E-state index in [0.29, 0.717) is 0 Å². The van der Waals surface area contributed by atoms with Crippen LogP contribution >= 0.6 is 0 Å². The first-order valence-electron chi connectivity index (χ1n) is 4.20. The van der Waals surface area contributed by atoms with Crippen LogP contribution in [-0.4, -0.2) is 32.5 Å². The quantitative estimate of drug-likeness (QED) is 0.333. The highest BCUT2D eigenvalue weighted by atomic mass is 15.1. The molecule has 2 nitrogen and oxygen atoms in total. The predicted octanol–water partition coefficient (Wildman–Crippen LogP) is 0.665.